The van der Waals surface area contributed by atoms with Crippen molar-refractivity contribution in [2.24, 2.45) is 5.92 Å². The minimum atomic E-state index is 0.0815. The van der Waals surface area contributed by atoms with Gasteiger partial charge in [0.25, 0.3) is 5.56 Å². The molecule has 2 aromatic heterocycles. The van der Waals surface area contributed by atoms with Crippen LogP contribution in [0.3, 0.4) is 0 Å². The minimum Gasteiger partial charge on any atom is -0.304 e. The number of hydrogen-bond acceptors (Lipinski definition) is 5. The molecule has 1 aromatic carbocycles. The van der Waals surface area contributed by atoms with Crippen LogP contribution in [-0.4, -0.2) is 52.6 Å². The van der Waals surface area contributed by atoms with Crippen LogP contribution >= 0.6 is 11.3 Å². The van der Waals surface area contributed by atoms with Crippen LogP contribution in [0, 0.1) is 5.92 Å². The van der Waals surface area contributed by atoms with E-state index in [2.05, 4.69) is 42.8 Å². The fourth-order valence-electron chi connectivity index (χ4n) is 4.14. The van der Waals surface area contributed by atoms with Crippen LogP contribution in [0.15, 0.2) is 46.6 Å². The minimum absolute atomic E-state index is 0.0815. The molecule has 0 amide bonds. The van der Waals surface area contributed by atoms with E-state index in [0.717, 1.165) is 54.2 Å². The average molecular weight is 411 g/mol. The van der Waals surface area contributed by atoms with Gasteiger partial charge in [0, 0.05) is 26.2 Å². The Labute approximate surface area is 176 Å². The Kier molecular flexibility index (Phi) is 6.13. The van der Waals surface area contributed by atoms with Gasteiger partial charge in [0.2, 0.25) is 0 Å². The normalized spacial score (nSPS) is 17.2. The summed E-state index contributed by atoms with van der Waals surface area (Å²) >= 11 is 1.56. The number of aromatic nitrogens is 2. The molecule has 154 valence electrons. The molecule has 6 heteroatoms. The maximum absolute atomic E-state index is 13.4. The lowest BCUT2D eigenvalue weighted by Gasteiger charge is -2.39. The molecule has 0 saturated carbocycles. The second kappa shape index (κ2) is 8.78. The van der Waals surface area contributed by atoms with Gasteiger partial charge in [-0.05, 0) is 36.4 Å². The van der Waals surface area contributed by atoms with Gasteiger partial charge < -0.3 is 4.90 Å². The molecular weight excluding hydrogens is 380 g/mol. The van der Waals surface area contributed by atoms with Gasteiger partial charge >= 0.3 is 0 Å². The molecule has 0 radical (unpaired) electrons. The first-order chi connectivity index (χ1) is 14.0. The van der Waals surface area contributed by atoms with Gasteiger partial charge in [-0.1, -0.05) is 44.2 Å². The summed E-state index contributed by atoms with van der Waals surface area (Å²) in [7, 11) is 2.18. The summed E-state index contributed by atoms with van der Waals surface area (Å²) in [6, 6.07) is 12.3. The Morgan fingerprint density at radius 1 is 1.07 bits per heavy atom. The molecule has 3 heterocycles. The summed E-state index contributed by atoms with van der Waals surface area (Å²) < 4.78 is 1.93. The molecule has 1 atom stereocenters. The van der Waals surface area contributed by atoms with Crippen molar-refractivity contribution in [2.75, 3.05) is 33.2 Å². The van der Waals surface area contributed by atoms with E-state index in [0.29, 0.717) is 12.5 Å². The van der Waals surface area contributed by atoms with Crippen molar-refractivity contribution in [3.8, 4) is 0 Å². The van der Waals surface area contributed by atoms with Crippen molar-refractivity contribution in [2.45, 2.75) is 32.9 Å². The predicted octanol–water partition coefficient (Wildman–Crippen LogP) is 3.84. The third-order valence-electron chi connectivity index (χ3n) is 5.77. The molecular formula is C23H30N4OS. The third kappa shape index (κ3) is 4.44. The van der Waals surface area contributed by atoms with E-state index in [9.17, 15) is 4.79 Å². The summed E-state index contributed by atoms with van der Waals surface area (Å²) in [5, 5.41) is 2.71. The molecule has 0 bridgehead atoms. The topological polar surface area (TPSA) is 41.4 Å². The van der Waals surface area contributed by atoms with Gasteiger partial charge in [-0.2, -0.15) is 0 Å². The van der Waals surface area contributed by atoms with E-state index < -0.39 is 0 Å². The summed E-state index contributed by atoms with van der Waals surface area (Å²) in [6.45, 7) is 9.21. The molecule has 1 unspecified atom stereocenters. The van der Waals surface area contributed by atoms with E-state index in [1.807, 2.05) is 34.2 Å². The first-order valence-electron chi connectivity index (χ1n) is 10.5. The van der Waals surface area contributed by atoms with E-state index in [1.54, 1.807) is 11.3 Å². The van der Waals surface area contributed by atoms with Crippen molar-refractivity contribution in [1.29, 1.82) is 0 Å². The second-order valence-electron chi connectivity index (χ2n) is 8.47. The van der Waals surface area contributed by atoms with Crippen molar-refractivity contribution in [3.63, 3.8) is 0 Å². The maximum atomic E-state index is 13.4. The van der Waals surface area contributed by atoms with Gasteiger partial charge in [0.05, 0.1) is 18.0 Å². The van der Waals surface area contributed by atoms with Gasteiger partial charge in [-0.25, -0.2) is 4.98 Å². The molecule has 3 aromatic rings. The van der Waals surface area contributed by atoms with Gasteiger partial charge in [-0.3, -0.25) is 14.3 Å². The largest absolute Gasteiger partial charge is 0.304 e. The van der Waals surface area contributed by atoms with Crippen LogP contribution in [0.25, 0.3) is 10.2 Å². The van der Waals surface area contributed by atoms with Crippen LogP contribution in [-0.2, 0) is 6.54 Å². The second-order valence-corrected chi connectivity index (χ2v) is 9.37. The van der Waals surface area contributed by atoms with Gasteiger partial charge in [0.15, 0.2) is 0 Å². The molecule has 0 N–H and O–H groups in total. The molecule has 0 spiro atoms. The predicted molar refractivity (Wildman–Crippen MR) is 121 cm³/mol. The first kappa shape index (κ1) is 20.3. The maximum Gasteiger partial charge on any atom is 0.262 e. The number of fused-ring (bicyclic) bond motifs is 1. The molecule has 1 saturated heterocycles. The summed E-state index contributed by atoms with van der Waals surface area (Å²) in [5.41, 5.74) is 1.21. The highest BCUT2D eigenvalue weighted by Crippen LogP contribution is 2.29. The van der Waals surface area contributed by atoms with E-state index in [4.69, 9.17) is 4.98 Å². The number of likely N-dealkylation sites (N-methyl/N-ethyl adjacent to an activating group) is 1. The lowest BCUT2D eigenvalue weighted by Crippen LogP contribution is -2.47. The lowest BCUT2D eigenvalue weighted by atomic mass is 10.00. The summed E-state index contributed by atoms with van der Waals surface area (Å²) in [5.74, 6) is 1.45. The molecule has 29 heavy (non-hydrogen) atoms. The van der Waals surface area contributed by atoms with Crippen molar-refractivity contribution >= 4 is 21.6 Å². The number of hydrogen-bond donors (Lipinski definition) is 0. The van der Waals surface area contributed by atoms with Crippen molar-refractivity contribution in [1.82, 2.24) is 19.4 Å². The number of benzene rings is 1. The summed E-state index contributed by atoms with van der Waals surface area (Å²) in [4.78, 5) is 24.3. The fraction of sp³-hybridized carbons (Fsp3) is 0.478. The standard InChI is InChI=1S/C23H30N4OS/c1-17(2)15-20(26-12-10-25(3)11-13-26)21-24-22-19(9-14-29-22)23(28)27(21)16-18-7-5-4-6-8-18/h4-9,14,17,20H,10-13,15-16H2,1-3H3. The Hall–Kier alpha value is -2.02. The van der Waals surface area contributed by atoms with E-state index in [-0.39, 0.29) is 11.6 Å². The molecule has 1 aliphatic heterocycles. The van der Waals surface area contributed by atoms with Crippen LogP contribution < -0.4 is 5.56 Å². The average Bonchev–Trinajstić information content (AvgIpc) is 3.19. The Morgan fingerprint density at radius 3 is 2.48 bits per heavy atom. The smallest absolute Gasteiger partial charge is 0.262 e. The highest BCUT2D eigenvalue weighted by atomic mass is 32.1. The monoisotopic (exact) mass is 410 g/mol. The van der Waals surface area contributed by atoms with E-state index in [1.165, 1.54) is 0 Å². The number of rotatable bonds is 6. The number of piperazine rings is 1. The highest BCUT2D eigenvalue weighted by Gasteiger charge is 2.29. The fourth-order valence-corrected chi connectivity index (χ4v) is 4.90. The Balaban J connectivity index is 1.82. The zero-order valence-corrected chi connectivity index (χ0v) is 18.4. The van der Waals surface area contributed by atoms with E-state index >= 15 is 0 Å². The first-order valence-corrected chi connectivity index (χ1v) is 11.4. The van der Waals surface area contributed by atoms with Crippen LogP contribution in [0.4, 0.5) is 0 Å². The van der Waals surface area contributed by atoms with Crippen molar-refractivity contribution < 1.29 is 0 Å². The molecule has 1 fully saturated rings. The molecule has 0 aliphatic carbocycles. The quantitative estimate of drug-likeness (QED) is 0.619. The number of nitrogens with zero attached hydrogens (tertiary/aromatic N) is 4. The Morgan fingerprint density at radius 2 is 1.79 bits per heavy atom. The SMILES string of the molecule is CC(C)CC(c1nc2sccc2c(=O)n1Cc1ccccc1)N1CCN(C)CC1. The zero-order chi connectivity index (χ0) is 20.4. The lowest BCUT2D eigenvalue weighted by molar-refractivity contribution is 0.0935. The summed E-state index contributed by atoms with van der Waals surface area (Å²) in [6.07, 6.45) is 1.00. The number of thiophene rings is 1. The van der Waals surface area contributed by atoms with Gasteiger partial charge in [-0.15, -0.1) is 11.3 Å². The van der Waals surface area contributed by atoms with Crippen LogP contribution in [0.1, 0.15) is 37.7 Å². The van der Waals surface area contributed by atoms with Crippen molar-refractivity contribution in [3.05, 3.63) is 63.5 Å². The third-order valence-corrected chi connectivity index (χ3v) is 6.57. The zero-order valence-electron chi connectivity index (χ0n) is 17.5. The molecule has 5 nitrogen and oxygen atoms in total. The van der Waals surface area contributed by atoms with Crippen LogP contribution in [0.5, 0.6) is 0 Å². The van der Waals surface area contributed by atoms with Crippen LogP contribution in [0.2, 0.25) is 0 Å². The van der Waals surface area contributed by atoms with Gasteiger partial charge in [0.1, 0.15) is 10.7 Å². The molecule has 1 aliphatic rings. The highest BCUT2D eigenvalue weighted by molar-refractivity contribution is 7.16. The molecule has 4 rings (SSSR count). The Bertz CT molecular complexity index is 1000.